The highest BCUT2D eigenvalue weighted by Crippen LogP contribution is 2.46. The summed E-state index contributed by atoms with van der Waals surface area (Å²) in [7, 11) is -3.64. The van der Waals surface area contributed by atoms with Gasteiger partial charge in [-0.05, 0) is 60.2 Å². The fourth-order valence-electron chi connectivity index (χ4n) is 5.13. The van der Waals surface area contributed by atoms with Crippen molar-refractivity contribution in [1.29, 1.82) is 0 Å². The molecule has 3 atom stereocenters. The van der Waals surface area contributed by atoms with E-state index in [1.165, 1.54) is 16.4 Å². The van der Waals surface area contributed by atoms with Crippen molar-refractivity contribution in [1.82, 2.24) is 19.2 Å². The maximum absolute atomic E-state index is 13.2. The molecule has 2 aromatic carbocycles. The van der Waals surface area contributed by atoms with Crippen LogP contribution in [0.4, 0.5) is 5.95 Å². The summed E-state index contributed by atoms with van der Waals surface area (Å²) < 4.78 is 27.9. The van der Waals surface area contributed by atoms with Gasteiger partial charge in [-0.25, -0.2) is 18.4 Å². The van der Waals surface area contributed by atoms with E-state index in [0.29, 0.717) is 29.6 Å². The highest BCUT2D eigenvalue weighted by Gasteiger charge is 2.40. The highest BCUT2D eigenvalue weighted by molar-refractivity contribution is 8.16. The smallest absolute Gasteiger partial charge is 0.243 e. The fraction of sp³-hybridized carbons (Fsp3) is 0.259. The molecule has 0 aliphatic carbocycles. The van der Waals surface area contributed by atoms with Crippen molar-refractivity contribution in [3.05, 3.63) is 94.2 Å². The van der Waals surface area contributed by atoms with Crippen LogP contribution in [0.5, 0.6) is 0 Å². The predicted octanol–water partition coefficient (Wildman–Crippen LogP) is 4.88. The van der Waals surface area contributed by atoms with Crippen molar-refractivity contribution in [3.8, 4) is 0 Å². The van der Waals surface area contributed by atoms with Crippen LogP contribution in [0.25, 0.3) is 0 Å². The van der Waals surface area contributed by atoms with Crippen LogP contribution in [-0.4, -0.2) is 58.2 Å². The lowest BCUT2D eigenvalue weighted by molar-refractivity contribution is 0.112. The topological polar surface area (TPSA) is 108 Å². The number of sulfonamides is 1. The van der Waals surface area contributed by atoms with Gasteiger partial charge in [0.05, 0.1) is 10.6 Å². The van der Waals surface area contributed by atoms with Gasteiger partial charge in [-0.2, -0.15) is 4.31 Å². The van der Waals surface area contributed by atoms with Crippen LogP contribution in [0.2, 0.25) is 5.02 Å². The molecule has 3 aromatic rings. The van der Waals surface area contributed by atoms with Gasteiger partial charge < -0.3 is 10.2 Å². The van der Waals surface area contributed by atoms with E-state index in [0.717, 1.165) is 35.6 Å². The summed E-state index contributed by atoms with van der Waals surface area (Å²) in [6, 6.07) is 15.0. The third-order valence-corrected chi connectivity index (χ3v) is 9.92. The number of carbonyl (C=O) groups is 1. The first kappa shape index (κ1) is 26.0. The van der Waals surface area contributed by atoms with Gasteiger partial charge in [-0.1, -0.05) is 41.6 Å². The van der Waals surface area contributed by atoms with E-state index in [-0.39, 0.29) is 23.0 Å². The number of rotatable bonds is 7. The third kappa shape index (κ3) is 5.19. The molecule has 200 valence electrons. The van der Waals surface area contributed by atoms with Crippen LogP contribution in [0.3, 0.4) is 0 Å². The number of amidine groups is 1. The van der Waals surface area contributed by atoms with Crippen LogP contribution >= 0.6 is 23.4 Å². The van der Waals surface area contributed by atoms with Gasteiger partial charge in [0.15, 0.2) is 5.17 Å². The van der Waals surface area contributed by atoms with Gasteiger partial charge in [0.25, 0.3) is 0 Å². The van der Waals surface area contributed by atoms with Crippen molar-refractivity contribution < 1.29 is 13.2 Å². The molecule has 39 heavy (non-hydrogen) atoms. The number of carbonyl (C=O) groups excluding carboxylic acids is 1. The normalized spacial score (nSPS) is 22.9. The lowest BCUT2D eigenvalue weighted by Gasteiger charge is -2.32. The van der Waals surface area contributed by atoms with Gasteiger partial charge in [-0.15, -0.1) is 0 Å². The van der Waals surface area contributed by atoms with Gasteiger partial charge in [0.2, 0.25) is 16.0 Å². The molecule has 3 aliphatic rings. The number of aliphatic imine (C=N–C) groups is 1. The van der Waals surface area contributed by atoms with Gasteiger partial charge >= 0.3 is 0 Å². The minimum absolute atomic E-state index is 0.145. The third-order valence-electron chi connectivity index (χ3n) is 7.00. The van der Waals surface area contributed by atoms with Gasteiger partial charge in [0, 0.05) is 42.1 Å². The van der Waals surface area contributed by atoms with Crippen molar-refractivity contribution >= 4 is 50.8 Å². The van der Waals surface area contributed by atoms with E-state index < -0.39 is 10.0 Å². The quantitative estimate of drug-likeness (QED) is 0.394. The first-order valence-corrected chi connectivity index (χ1v) is 15.2. The zero-order valence-electron chi connectivity index (χ0n) is 20.7. The molecular formula is C27H25ClN6O3S2. The zero-order chi connectivity index (χ0) is 27.0. The number of aldehydes is 1. The molecular weight excluding hydrogens is 556 g/mol. The van der Waals surface area contributed by atoms with Crippen LogP contribution < -0.4 is 5.32 Å². The molecule has 1 aromatic heterocycles. The second-order valence-electron chi connectivity index (χ2n) is 9.51. The number of halogens is 1. The lowest BCUT2D eigenvalue weighted by atomic mass is 9.96. The average molecular weight is 581 g/mol. The van der Waals surface area contributed by atoms with E-state index in [2.05, 4.69) is 15.2 Å². The van der Waals surface area contributed by atoms with Crippen molar-refractivity contribution in [2.24, 2.45) is 4.99 Å². The van der Waals surface area contributed by atoms with Crippen molar-refractivity contribution in [3.63, 3.8) is 0 Å². The van der Waals surface area contributed by atoms with E-state index in [4.69, 9.17) is 21.6 Å². The summed E-state index contributed by atoms with van der Waals surface area (Å²) in [6.45, 7) is 0.759. The maximum Gasteiger partial charge on any atom is 0.243 e. The molecule has 0 saturated carbocycles. The van der Waals surface area contributed by atoms with Crippen molar-refractivity contribution in [2.75, 3.05) is 18.4 Å². The molecule has 2 unspecified atom stereocenters. The number of nitrogens with zero attached hydrogens (tertiary/aromatic N) is 5. The summed E-state index contributed by atoms with van der Waals surface area (Å²) in [5.41, 5.74) is 2.31. The molecule has 1 saturated heterocycles. The first-order chi connectivity index (χ1) is 18.9. The summed E-state index contributed by atoms with van der Waals surface area (Å²) in [4.78, 5) is 27.9. The Kier molecular flexibility index (Phi) is 7.15. The summed E-state index contributed by atoms with van der Waals surface area (Å²) >= 11 is 7.50. The van der Waals surface area contributed by atoms with E-state index >= 15 is 0 Å². The van der Waals surface area contributed by atoms with Crippen LogP contribution in [-0.2, 0) is 10.0 Å². The van der Waals surface area contributed by atoms with Crippen LogP contribution in [0.1, 0.15) is 46.5 Å². The maximum atomic E-state index is 13.2. The number of nitrogens with one attached hydrogen (secondary N) is 1. The molecule has 6 rings (SSSR count). The minimum atomic E-state index is -3.64. The molecule has 3 aliphatic heterocycles. The Bertz CT molecular complexity index is 1560. The second-order valence-corrected chi connectivity index (χ2v) is 12.8. The second kappa shape index (κ2) is 10.7. The monoisotopic (exact) mass is 580 g/mol. The van der Waals surface area contributed by atoms with E-state index in [9.17, 15) is 13.2 Å². The SMILES string of the molecule is O=Cc1cccc(C2N=C3SC=CN3C2c2ccnc(N[C@@H]3CCCN(S(=O)(=O)c4ccc(Cl)cc4)C3)n2)c1. The molecule has 1 N–H and O–H groups in total. The lowest BCUT2D eigenvalue weighted by Crippen LogP contribution is -2.45. The number of fused-ring (bicyclic) bond motifs is 1. The Hall–Kier alpha value is -3.25. The number of anilines is 1. The van der Waals surface area contributed by atoms with E-state index in [1.54, 1.807) is 36.2 Å². The number of hydrogen-bond donors (Lipinski definition) is 1. The van der Waals surface area contributed by atoms with Crippen LogP contribution in [0.15, 0.2) is 82.3 Å². The number of aromatic nitrogens is 2. The number of thioether (sulfide) groups is 1. The largest absolute Gasteiger partial charge is 0.350 e. The molecule has 0 bridgehead atoms. The molecule has 1 fully saturated rings. The standard InChI is InChI=1S/C27H25ClN6O3S2/c28-20-6-8-22(9-7-20)39(36,37)33-12-2-5-21(16-33)30-26-29-11-10-23(31-26)25-24(32-27-34(25)13-14-38-27)19-4-1-3-18(15-19)17-35/h1,3-4,6-11,13-15,17,21,24-25H,2,5,12,16H2,(H,29,30,31)/t21-,24?,25?/m1/s1. The van der Waals surface area contributed by atoms with Gasteiger partial charge in [-0.3, -0.25) is 9.79 Å². The Morgan fingerprint density at radius 3 is 2.79 bits per heavy atom. The Labute approximate surface area is 236 Å². The first-order valence-electron chi connectivity index (χ1n) is 12.5. The Morgan fingerprint density at radius 2 is 1.97 bits per heavy atom. The van der Waals surface area contributed by atoms with Crippen LogP contribution in [0, 0.1) is 0 Å². The number of piperidine rings is 1. The molecule has 0 amide bonds. The zero-order valence-corrected chi connectivity index (χ0v) is 23.1. The summed E-state index contributed by atoms with van der Waals surface area (Å²) in [6.07, 6.45) is 6.05. The summed E-state index contributed by atoms with van der Waals surface area (Å²) in [5, 5.41) is 6.72. The minimum Gasteiger partial charge on any atom is -0.350 e. The summed E-state index contributed by atoms with van der Waals surface area (Å²) in [5.74, 6) is 0.438. The average Bonchev–Trinajstić information content (AvgIpc) is 3.55. The number of benzene rings is 2. The molecule has 9 nitrogen and oxygen atoms in total. The van der Waals surface area contributed by atoms with Gasteiger partial charge in [0.1, 0.15) is 18.4 Å². The highest BCUT2D eigenvalue weighted by atomic mass is 35.5. The predicted molar refractivity (Wildman–Crippen MR) is 152 cm³/mol. The number of hydrogen-bond acceptors (Lipinski definition) is 9. The Morgan fingerprint density at radius 1 is 1.13 bits per heavy atom. The molecule has 0 spiro atoms. The molecule has 0 radical (unpaired) electrons. The van der Waals surface area contributed by atoms with Crippen molar-refractivity contribution in [2.45, 2.75) is 35.9 Å². The fourth-order valence-corrected chi connectivity index (χ4v) is 7.57. The Balaban J connectivity index is 1.23. The molecule has 12 heteroatoms. The van der Waals surface area contributed by atoms with E-state index in [1.807, 2.05) is 35.9 Å². The molecule has 4 heterocycles.